The number of aromatic nitrogens is 1. The van der Waals surface area contributed by atoms with Crippen molar-refractivity contribution in [2.24, 2.45) is 5.92 Å². The highest BCUT2D eigenvalue weighted by molar-refractivity contribution is 7.19. The number of oxazole rings is 1. The maximum Gasteiger partial charge on any atom is 0.310 e. The van der Waals surface area contributed by atoms with Crippen molar-refractivity contribution in [3.63, 3.8) is 0 Å². The van der Waals surface area contributed by atoms with Crippen molar-refractivity contribution in [1.29, 1.82) is 0 Å². The van der Waals surface area contributed by atoms with Gasteiger partial charge < -0.3 is 28.3 Å². The lowest BCUT2D eigenvalue weighted by Crippen LogP contribution is -2.43. The summed E-state index contributed by atoms with van der Waals surface area (Å²) in [6.07, 6.45) is 3.84. The molecule has 3 aromatic carbocycles. The number of nitrogens with zero attached hydrogens (tertiary/aromatic N) is 2. The number of rotatable bonds is 13. The quantitative estimate of drug-likeness (QED) is 0.108. The normalized spacial score (nSPS) is 14.6. The molecule has 5 aromatic rings. The van der Waals surface area contributed by atoms with E-state index in [1.54, 1.807) is 52.9 Å². The van der Waals surface area contributed by atoms with E-state index in [0.717, 1.165) is 26.0 Å². The highest BCUT2D eigenvalue weighted by atomic mass is 32.1. The lowest BCUT2D eigenvalue weighted by molar-refractivity contribution is -0.168. The minimum atomic E-state index is -1.05. The fraction of sp³-hybridized carbons (Fsp3) is 0.395. The van der Waals surface area contributed by atoms with Crippen molar-refractivity contribution in [2.75, 3.05) is 6.79 Å². The molecule has 0 saturated carbocycles. The molecule has 0 saturated heterocycles. The smallest absolute Gasteiger partial charge is 0.310 e. The van der Waals surface area contributed by atoms with Gasteiger partial charge in [-0.2, -0.15) is 0 Å². The summed E-state index contributed by atoms with van der Waals surface area (Å²) < 4.78 is 29.8. The van der Waals surface area contributed by atoms with Gasteiger partial charge in [-0.15, -0.1) is 11.3 Å². The first-order valence-corrected chi connectivity index (χ1v) is 19.1. The predicted octanol–water partition coefficient (Wildman–Crippen LogP) is 9.46. The molecule has 1 aliphatic heterocycles. The topological polar surface area (TPSA) is 117 Å². The Morgan fingerprint density at radius 1 is 0.889 bits per heavy atom. The van der Waals surface area contributed by atoms with Crippen molar-refractivity contribution >= 4 is 56.4 Å². The lowest BCUT2D eigenvalue weighted by atomic mass is 9.87. The number of allylic oxidation sites excluding steroid dienone is 1. The number of esters is 2. The summed E-state index contributed by atoms with van der Waals surface area (Å²) >= 11 is 1.62. The molecule has 3 atom stereocenters. The molecule has 284 valence electrons. The molecule has 10 nitrogen and oxygen atoms in total. The van der Waals surface area contributed by atoms with E-state index in [4.69, 9.17) is 23.4 Å². The van der Waals surface area contributed by atoms with Gasteiger partial charge in [0.2, 0.25) is 18.6 Å². The third-order valence-electron chi connectivity index (χ3n) is 8.98. The number of thiophene rings is 1. The Labute approximate surface area is 320 Å². The Balaban J connectivity index is 1.35. The fourth-order valence-corrected chi connectivity index (χ4v) is 7.59. The molecule has 0 unspecified atom stereocenters. The summed E-state index contributed by atoms with van der Waals surface area (Å²) in [5.41, 5.74) is 0.833. The van der Waals surface area contributed by atoms with Gasteiger partial charge in [0.25, 0.3) is 0 Å². The second kappa shape index (κ2) is 16.1. The van der Waals surface area contributed by atoms with Gasteiger partial charge in [-0.05, 0) is 108 Å². The van der Waals surface area contributed by atoms with Crippen molar-refractivity contribution in [3.8, 4) is 11.5 Å². The zero-order valence-electron chi connectivity index (χ0n) is 31.9. The molecule has 6 rings (SSSR count). The molecule has 54 heavy (non-hydrogen) atoms. The highest BCUT2D eigenvalue weighted by Gasteiger charge is 2.36. The largest absolute Gasteiger partial charge is 0.460 e. The number of hydrogen-bond acceptors (Lipinski definition) is 10. The number of para-hydroxylation sites is 2. The highest BCUT2D eigenvalue weighted by Crippen LogP contribution is 2.39. The second-order valence-corrected chi connectivity index (χ2v) is 16.8. The van der Waals surface area contributed by atoms with E-state index < -0.39 is 35.1 Å². The van der Waals surface area contributed by atoms with Crippen LogP contribution in [0.2, 0.25) is 0 Å². The summed E-state index contributed by atoms with van der Waals surface area (Å²) in [6, 6.07) is 23.3. The maximum atomic E-state index is 14.8. The zero-order valence-corrected chi connectivity index (χ0v) is 32.7. The predicted molar refractivity (Wildman–Crippen MR) is 209 cm³/mol. The second-order valence-electron chi connectivity index (χ2n) is 15.6. The van der Waals surface area contributed by atoms with Crippen LogP contribution in [0.15, 0.2) is 83.3 Å². The molecule has 2 aromatic heterocycles. The first-order valence-electron chi connectivity index (χ1n) is 18.2. The van der Waals surface area contributed by atoms with Gasteiger partial charge in [0.15, 0.2) is 17.1 Å². The SMILES string of the molecule is C[C@H]([C@H](C/C=C\c1nc2ccccc2o1)c1ccc2c(c1)OCO2)N(Cc1cc2ccccc2s1)C(=O)C[C@H](CC(=O)OC(C)(C)C)C(=O)OC(C)(C)C. The summed E-state index contributed by atoms with van der Waals surface area (Å²) in [7, 11) is 0. The minimum absolute atomic E-state index is 0.136. The number of fused-ring (bicyclic) bond motifs is 3. The van der Waals surface area contributed by atoms with Crippen LogP contribution in [0.4, 0.5) is 0 Å². The molecular formula is C43H48N2O8S. The first-order chi connectivity index (χ1) is 25.6. The third kappa shape index (κ3) is 9.87. The van der Waals surface area contributed by atoms with E-state index in [9.17, 15) is 14.4 Å². The summed E-state index contributed by atoms with van der Waals surface area (Å²) in [5.74, 6) is -0.981. The monoisotopic (exact) mass is 752 g/mol. The van der Waals surface area contributed by atoms with E-state index >= 15 is 0 Å². The van der Waals surface area contributed by atoms with Crippen LogP contribution in [0.5, 0.6) is 11.5 Å². The number of carbonyl (C=O) groups is 3. The molecular weight excluding hydrogens is 705 g/mol. The number of ether oxygens (including phenoxy) is 4. The molecule has 11 heteroatoms. The maximum absolute atomic E-state index is 14.8. The average molecular weight is 753 g/mol. The van der Waals surface area contributed by atoms with E-state index in [2.05, 4.69) is 23.2 Å². The van der Waals surface area contributed by atoms with E-state index in [-0.39, 0.29) is 31.5 Å². The van der Waals surface area contributed by atoms with Crippen LogP contribution in [-0.4, -0.2) is 51.8 Å². The molecule has 0 spiro atoms. The van der Waals surface area contributed by atoms with E-state index in [1.807, 2.05) is 78.6 Å². The van der Waals surface area contributed by atoms with Crippen molar-refractivity contribution < 1.29 is 37.7 Å². The summed E-state index contributed by atoms with van der Waals surface area (Å²) in [5, 5.41) is 1.09. The Bertz CT molecular complexity index is 2090. The van der Waals surface area contributed by atoms with Crippen molar-refractivity contribution in [1.82, 2.24) is 9.88 Å². The van der Waals surface area contributed by atoms with Gasteiger partial charge >= 0.3 is 11.9 Å². The van der Waals surface area contributed by atoms with Crippen LogP contribution < -0.4 is 9.47 Å². The molecule has 1 aliphatic rings. The Morgan fingerprint density at radius 3 is 2.35 bits per heavy atom. The van der Waals surface area contributed by atoms with Crippen LogP contribution in [0.1, 0.15) is 90.0 Å². The van der Waals surface area contributed by atoms with Crippen molar-refractivity contribution in [2.45, 2.75) is 97.4 Å². The summed E-state index contributed by atoms with van der Waals surface area (Å²) in [4.78, 5) is 48.9. The average Bonchev–Trinajstić information content (AvgIpc) is 3.84. The molecule has 0 aliphatic carbocycles. The van der Waals surface area contributed by atoms with Gasteiger partial charge in [-0.3, -0.25) is 14.4 Å². The van der Waals surface area contributed by atoms with E-state index in [0.29, 0.717) is 35.9 Å². The van der Waals surface area contributed by atoms with Gasteiger partial charge in [-0.1, -0.05) is 42.5 Å². The Hall–Kier alpha value is -5.16. The number of amides is 1. The standard InChI is InChI=1S/C43H48N2O8S/c1-27(32(28-19-20-35-36(22-28)50-26-49-35)14-12-18-38-44-33-15-9-10-16-34(33)51-38)45(25-31-21-29-13-8-11-17-37(29)54-31)39(46)23-30(41(48)53-43(5,6)7)24-40(47)52-42(2,3)4/h8-13,15-22,27,30,32H,14,23-26H2,1-7H3/b18-12-/t27-,30-,32+/m1/s1. The summed E-state index contributed by atoms with van der Waals surface area (Å²) in [6.45, 7) is 13.0. The molecule has 0 fully saturated rings. The van der Waals surface area contributed by atoms with E-state index in [1.165, 1.54) is 0 Å². The van der Waals surface area contributed by atoms with Gasteiger partial charge in [-0.25, -0.2) is 4.98 Å². The van der Waals surface area contributed by atoms with Crippen molar-refractivity contribution in [3.05, 3.63) is 95.2 Å². The molecule has 3 heterocycles. The zero-order chi connectivity index (χ0) is 38.6. The first kappa shape index (κ1) is 38.6. The van der Waals surface area contributed by atoms with Gasteiger partial charge in [0, 0.05) is 28.0 Å². The Kier molecular flexibility index (Phi) is 11.5. The van der Waals surface area contributed by atoms with Crippen LogP contribution in [0.3, 0.4) is 0 Å². The Morgan fingerprint density at radius 2 is 1.61 bits per heavy atom. The number of benzene rings is 3. The van der Waals surface area contributed by atoms with Crippen LogP contribution in [-0.2, 0) is 30.4 Å². The van der Waals surface area contributed by atoms with Crippen LogP contribution in [0, 0.1) is 5.92 Å². The molecule has 0 N–H and O–H groups in total. The van der Waals surface area contributed by atoms with Crippen LogP contribution >= 0.6 is 11.3 Å². The number of carbonyl (C=O) groups excluding carboxylic acids is 3. The third-order valence-corrected chi connectivity index (χ3v) is 10.1. The van der Waals surface area contributed by atoms with Gasteiger partial charge in [0.05, 0.1) is 18.9 Å². The number of hydrogen-bond donors (Lipinski definition) is 0. The minimum Gasteiger partial charge on any atom is -0.460 e. The molecule has 0 bridgehead atoms. The van der Waals surface area contributed by atoms with Crippen LogP contribution in [0.25, 0.3) is 27.3 Å². The lowest BCUT2D eigenvalue weighted by Gasteiger charge is -2.36. The fourth-order valence-electron chi connectivity index (χ4n) is 6.53. The molecule has 1 amide bonds. The molecule has 0 radical (unpaired) electrons. The van der Waals surface area contributed by atoms with Gasteiger partial charge in [0.1, 0.15) is 16.7 Å².